The van der Waals surface area contributed by atoms with Gasteiger partial charge in [0.2, 0.25) is 0 Å². The Kier molecular flexibility index (Phi) is 5.36. The van der Waals surface area contributed by atoms with Gasteiger partial charge in [0.1, 0.15) is 0 Å². The van der Waals surface area contributed by atoms with Crippen molar-refractivity contribution >= 4 is 21.6 Å². The first kappa shape index (κ1) is 11.4. The lowest BCUT2D eigenvalue weighted by molar-refractivity contribution is 0.641. The molecule has 0 spiro atoms. The second kappa shape index (κ2) is 5.15. The summed E-state index contributed by atoms with van der Waals surface area (Å²) < 4.78 is 0.401. The van der Waals surface area contributed by atoms with E-state index in [1.807, 2.05) is 21.6 Å². The van der Waals surface area contributed by atoms with Crippen LogP contribution in [0.4, 0.5) is 0 Å². The fourth-order valence-corrected chi connectivity index (χ4v) is 3.02. The van der Waals surface area contributed by atoms with Crippen molar-refractivity contribution < 1.29 is 0 Å². The summed E-state index contributed by atoms with van der Waals surface area (Å²) in [6.45, 7) is 10.6. The maximum atomic E-state index is 3.90. The smallest absolute Gasteiger partial charge is 0.0210 e. The number of hydrogen-bond acceptors (Lipinski definition) is 2. The summed E-state index contributed by atoms with van der Waals surface area (Å²) in [5.41, 5.74) is 1.29. The normalized spacial score (nSPS) is 11.6. The summed E-state index contributed by atoms with van der Waals surface area (Å²) in [6.07, 6.45) is 4.52. The zero-order valence-corrected chi connectivity index (χ0v) is 9.57. The molecular formula is C9H18S2. The predicted octanol–water partition coefficient (Wildman–Crippen LogP) is 4.13. The molecule has 11 heavy (non-hydrogen) atoms. The maximum Gasteiger partial charge on any atom is 0.0210 e. The Balaban J connectivity index is 3.63. The highest BCUT2D eigenvalue weighted by Gasteiger charge is 2.17. The van der Waals surface area contributed by atoms with E-state index in [1.54, 1.807) is 0 Å². The van der Waals surface area contributed by atoms with Gasteiger partial charge in [-0.3, -0.25) is 0 Å². The van der Waals surface area contributed by atoms with Crippen molar-refractivity contribution in [2.75, 3.05) is 6.26 Å². The molecule has 0 aromatic carbocycles. The number of rotatable bonds is 5. The van der Waals surface area contributed by atoms with Gasteiger partial charge in [-0.05, 0) is 39.9 Å². The summed E-state index contributed by atoms with van der Waals surface area (Å²) in [5, 5.41) is 0. The SMILES string of the molecule is C=C(C)CCC(C)(C)SSC. The van der Waals surface area contributed by atoms with Crippen molar-refractivity contribution in [2.24, 2.45) is 0 Å². The molecule has 0 aliphatic rings. The Morgan fingerprint density at radius 1 is 1.45 bits per heavy atom. The fraction of sp³-hybridized carbons (Fsp3) is 0.778. The summed E-state index contributed by atoms with van der Waals surface area (Å²) in [4.78, 5) is 0. The van der Waals surface area contributed by atoms with Crippen molar-refractivity contribution in [1.29, 1.82) is 0 Å². The standard InChI is InChI=1S/C9H18S2/c1-8(2)6-7-9(3,4)11-10-5/h1,6-7H2,2-5H3. The average Bonchev–Trinajstić information content (AvgIpc) is 1.84. The van der Waals surface area contributed by atoms with E-state index in [4.69, 9.17) is 0 Å². The van der Waals surface area contributed by atoms with Crippen LogP contribution in [0.1, 0.15) is 33.6 Å². The van der Waals surface area contributed by atoms with Crippen LogP contribution in [0, 0.1) is 0 Å². The topological polar surface area (TPSA) is 0 Å². The summed E-state index contributed by atoms with van der Waals surface area (Å²) in [7, 11) is 3.80. The zero-order valence-electron chi connectivity index (χ0n) is 7.94. The van der Waals surface area contributed by atoms with Crippen LogP contribution in [0.5, 0.6) is 0 Å². The van der Waals surface area contributed by atoms with Crippen LogP contribution in [0.2, 0.25) is 0 Å². The molecule has 0 aromatic rings. The van der Waals surface area contributed by atoms with Crippen LogP contribution in [0.15, 0.2) is 12.2 Å². The molecule has 0 nitrogen and oxygen atoms in total. The lowest BCUT2D eigenvalue weighted by atomic mass is 10.0. The fourth-order valence-electron chi connectivity index (χ4n) is 0.782. The minimum Gasteiger partial charge on any atom is -0.100 e. The monoisotopic (exact) mass is 190 g/mol. The van der Waals surface area contributed by atoms with Crippen LogP contribution in [-0.4, -0.2) is 11.0 Å². The van der Waals surface area contributed by atoms with Gasteiger partial charge < -0.3 is 0 Å². The Morgan fingerprint density at radius 2 is 2.00 bits per heavy atom. The third kappa shape index (κ3) is 6.82. The Labute approximate surface area is 78.6 Å². The second-order valence-electron chi connectivity index (χ2n) is 3.47. The lowest BCUT2D eigenvalue weighted by Crippen LogP contribution is -2.12. The van der Waals surface area contributed by atoms with Gasteiger partial charge in [0, 0.05) is 4.75 Å². The summed E-state index contributed by atoms with van der Waals surface area (Å²) in [6, 6.07) is 0. The van der Waals surface area contributed by atoms with Gasteiger partial charge in [-0.2, -0.15) is 0 Å². The average molecular weight is 190 g/mol. The molecule has 0 fully saturated rings. The van der Waals surface area contributed by atoms with E-state index in [-0.39, 0.29) is 0 Å². The van der Waals surface area contributed by atoms with Crippen molar-refractivity contribution in [2.45, 2.75) is 38.4 Å². The first-order chi connectivity index (χ1) is 4.98. The zero-order chi connectivity index (χ0) is 8.91. The maximum absolute atomic E-state index is 3.90. The van der Waals surface area contributed by atoms with E-state index in [2.05, 4.69) is 33.6 Å². The summed E-state index contributed by atoms with van der Waals surface area (Å²) >= 11 is 0. The minimum atomic E-state index is 0.401. The number of hydrogen-bond donors (Lipinski definition) is 0. The molecule has 66 valence electrons. The third-order valence-corrected chi connectivity index (χ3v) is 4.14. The largest absolute Gasteiger partial charge is 0.100 e. The van der Waals surface area contributed by atoms with E-state index >= 15 is 0 Å². The van der Waals surface area contributed by atoms with E-state index in [0.717, 1.165) is 6.42 Å². The van der Waals surface area contributed by atoms with Crippen LogP contribution >= 0.6 is 21.6 Å². The van der Waals surface area contributed by atoms with Gasteiger partial charge in [-0.25, -0.2) is 0 Å². The molecule has 0 rings (SSSR count). The first-order valence-corrected chi connectivity index (χ1v) is 6.40. The van der Waals surface area contributed by atoms with Crippen molar-refractivity contribution in [3.63, 3.8) is 0 Å². The number of allylic oxidation sites excluding steroid dienone is 1. The summed E-state index contributed by atoms with van der Waals surface area (Å²) in [5.74, 6) is 0. The molecule has 0 unspecified atom stereocenters. The predicted molar refractivity (Wildman–Crippen MR) is 59.2 cm³/mol. The van der Waals surface area contributed by atoms with Crippen molar-refractivity contribution in [3.8, 4) is 0 Å². The molecule has 0 saturated carbocycles. The first-order valence-electron chi connectivity index (χ1n) is 3.84. The van der Waals surface area contributed by atoms with Gasteiger partial charge in [0.05, 0.1) is 0 Å². The molecule has 0 radical (unpaired) electrons. The van der Waals surface area contributed by atoms with Gasteiger partial charge in [0.15, 0.2) is 0 Å². The molecule has 0 bridgehead atoms. The van der Waals surface area contributed by atoms with E-state index in [1.165, 1.54) is 12.0 Å². The van der Waals surface area contributed by atoms with Crippen molar-refractivity contribution in [3.05, 3.63) is 12.2 Å². The van der Waals surface area contributed by atoms with Crippen molar-refractivity contribution in [1.82, 2.24) is 0 Å². The highest BCUT2D eigenvalue weighted by molar-refractivity contribution is 8.76. The van der Waals surface area contributed by atoms with Gasteiger partial charge in [-0.15, -0.1) is 6.58 Å². The van der Waals surface area contributed by atoms with Gasteiger partial charge in [-0.1, -0.05) is 27.2 Å². The van der Waals surface area contributed by atoms with E-state index < -0.39 is 0 Å². The van der Waals surface area contributed by atoms with Crippen LogP contribution in [0.3, 0.4) is 0 Å². The molecule has 0 heterocycles. The Hall–Kier alpha value is 0.440. The Bertz CT molecular complexity index is 128. The molecule has 0 aliphatic heterocycles. The Morgan fingerprint density at radius 3 is 2.36 bits per heavy atom. The van der Waals surface area contributed by atoms with Crippen LogP contribution in [-0.2, 0) is 0 Å². The highest BCUT2D eigenvalue weighted by atomic mass is 33.1. The lowest BCUT2D eigenvalue weighted by Gasteiger charge is -2.22. The molecule has 0 aliphatic carbocycles. The van der Waals surface area contributed by atoms with E-state index in [0.29, 0.717) is 4.75 Å². The van der Waals surface area contributed by atoms with E-state index in [9.17, 15) is 0 Å². The minimum absolute atomic E-state index is 0.401. The van der Waals surface area contributed by atoms with Gasteiger partial charge in [0.25, 0.3) is 0 Å². The van der Waals surface area contributed by atoms with Crippen LogP contribution < -0.4 is 0 Å². The molecule has 2 heteroatoms. The molecule has 0 atom stereocenters. The molecule has 0 amide bonds. The molecule has 0 aromatic heterocycles. The highest BCUT2D eigenvalue weighted by Crippen LogP contribution is 2.37. The molecule has 0 saturated heterocycles. The third-order valence-electron chi connectivity index (χ3n) is 1.46. The van der Waals surface area contributed by atoms with Crippen LogP contribution in [0.25, 0.3) is 0 Å². The molecule has 0 N–H and O–H groups in total. The quantitative estimate of drug-likeness (QED) is 0.472. The van der Waals surface area contributed by atoms with Gasteiger partial charge >= 0.3 is 0 Å². The molecular weight excluding hydrogens is 172 g/mol. The second-order valence-corrected chi connectivity index (χ2v) is 6.57.